The average molecular weight is 172 g/mol. The summed E-state index contributed by atoms with van der Waals surface area (Å²) in [5.41, 5.74) is -0.850. The average Bonchev–Trinajstić information content (AvgIpc) is 2.02. The van der Waals surface area contributed by atoms with E-state index in [2.05, 4.69) is 0 Å². The van der Waals surface area contributed by atoms with Crippen LogP contribution in [0.3, 0.4) is 0 Å². The van der Waals surface area contributed by atoms with Gasteiger partial charge in [0.15, 0.2) is 6.29 Å². The van der Waals surface area contributed by atoms with Crippen LogP contribution in [0.5, 0.6) is 0 Å². The molecule has 3 nitrogen and oxygen atoms in total. The fourth-order valence-electron chi connectivity index (χ4n) is 1.68. The van der Waals surface area contributed by atoms with Crippen LogP contribution in [0.2, 0.25) is 0 Å². The molecule has 1 aliphatic heterocycles. The van der Waals surface area contributed by atoms with Gasteiger partial charge in [-0.15, -0.1) is 0 Å². The third-order valence-corrected chi connectivity index (χ3v) is 2.36. The van der Waals surface area contributed by atoms with Crippen molar-refractivity contribution in [2.45, 2.75) is 37.9 Å². The molecule has 1 aliphatic rings. The van der Waals surface area contributed by atoms with Gasteiger partial charge in [0, 0.05) is 20.0 Å². The maximum atomic E-state index is 10.8. The Morgan fingerprint density at radius 3 is 2.50 bits per heavy atom. The molecule has 1 unspecified atom stereocenters. The molecule has 12 heavy (non-hydrogen) atoms. The molecule has 3 heteroatoms. The lowest BCUT2D eigenvalue weighted by Gasteiger charge is -2.40. The molecule has 0 amide bonds. The summed E-state index contributed by atoms with van der Waals surface area (Å²) in [7, 11) is 1.58. The zero-order chi connectivity index (χ0) is 9.24. The number of aldehydes is 1. The van der Waals surface area contributed by atoms with Crippen LogP contribution < -0.4 is 0 Å². The van der Waals surface area contributed by atoms with Gasteiger partial charge in [-0.1, -0.05) is 0 Å². The van der Waals surface area contributed by atoms with Crippen molar-refractivity contribution in [2.75, 3.05) is 13.7 Å². The minimum Gasteiger partial charge on any atom is -0.375 e. The van der Waals surface area contributed by atoms with E-state index in [0.717, 1.165) is 6.29 Å². The van der Waals surface area contributed by atoms with Crippen LogP contribution in [0.1, 0.15) is 26.7 Å². The van der Waals surface area contributed by atoms with Gasteiger partial charge < -0.3 is 14.3 Å². The standard InChI is InChI=1S/C9H16O3/c1-8(2)6-9(7-10,11-3)4-5-12-8/h7H,4-6H2,1-3H3. The van der Waals surface area contributed by atoms with Gasteiger partial charge in [-0.25, -0.2) is 0 Å². The molecular weight excluding hydrogens is 156 g/mol. The van der Waals surface area contributed by atoms with Crippen LogP contribution in [0.4, 0.5) is 0 Å². The van der Waals surface area contributed by atoms with E-state index in [1.807, 2.05) is 13.8 Å². The second-order valence-corrected chi connectivity index (χ2v) is 3.92. The maximum absolute atomic E-state index is 10.8. The predicted molar refractivity (Wildman–Crippen MR) is 45.1 cm³/mol. The van der Waals surface area contributed by atoms with Crippen molar-refractivity contribution < 1.29 is 14.3 Å². The highest BCUT2D eigenvalue weighted by molar-refractivity contribution is 5.63. The Balaban J connectivity index is 2.72. The lowest BCUT2D eigenvalue weighted by molar-refractivity contribution is -0.164. The van der Waals surface area contributed by atoms with E-state index in [9.17, 15) is 4.79 Å². The van der Waals surface area contributed by atoms with E-state index >= 15 is 0 Å². The lowest BCUT2D eigenvalue weighted by atomic mass is 9.85. The molecule has 70 valence electrons. The molecule has 0 aromatic rings. The van der Waals surface area contributed by atoms with Crippen LogP contribution in [-0.4, -0.2) is 31.2 Å². The highest BCUT2D eigenvalue weighted by Crippen LogP contribution is 2.32. The first-order valence-electron chi connectivity index (χ1n) is 4.19. The van der Waals surface area contributed by atoms with Gasteiger partial charge in [-0.05, 0) is 13.8 Å². The van der Waals surface area contributed by atoms with E-state index in [1.54, 1.807) is 7.11 Å². The van der Waals surface area contributed by atoms with Crippen molar-refractivity contribution in [2.24, 2.45) is 0 Å². The fourth-order valence-corrected chi connectivity index (χ4v) is 1.68. The Kier molecular flexibility index (Phi) is 2.54. The van der Waals surface area contributed by atoms with E-state index in [0.29, 0.717) is 19.4 Å². The second kappa shape index (κ2) is 3.15. The van der Waals surface area contributed by atoms with Crippen molar-refractivity contribution in [3.8, 4) is 0 Å². The molecule has 0 aromatic carbocycles. The number of ether oxygens (including phenoxy) is 2. The Morgan fingerprint density at radius 1 is 1.50 bits per heavy atom. The van der Waals surface area contributed by atoms with Gasteiger partial charge in [0.05, 0.1) is 12.2 Å². The van der Waals surface area contributed by atoms with E-state index in [1.165, 1.54) is 0 Å². The molecule has 0 radical (unpaired) electrons. The largest absolute Gasteiger partial charge is 0.375 e. The number of hydrogen-bond donors (Lipinski definition) is 0. The monoisotopic (exact) mass is 172 g/mol. The third kappa shape index (κ3) is 1.84. The molecular formula is C9H16O3. The predicted octanol–water partition coefficient (Wildman–Crippen LogP) is 1.16. The lowest BCUT2D eigenvalue weighted by Crippen LogP contribution is -2.48. The van der Waals surface area contributed by atoms with Crippen molar-refractivity contribution in [3.05, 3.63) is 0 Å². The van der Waals surface area contributed by atoms with Gasteiger partial charge in [0.2, 0.25) is 0 Å². The van der Waals surface area contributed by atoms with Crippen molar-refractivity contribution >= 4 is 6.29 Å². The summed E-state index contributed by atoms with van der Waals surface area (Å²) in [5.74, 6) is 0. The first kappa shape index (κ1) is 9.68. The molecule has 1 fully saturated rings. The highest BCUT2D eigenvalue weighted by Gasteiger charge is 2.40. The van der Waals surface area contributed by atoms with Crippen LogP contribution in [0.25, 0.3) is 0 Å². The fraction of sp³-hybridized carbons (Fsp3) is 0.889. The Hall–Kier alpha value is -0.410. The SMILES string of the molecule is COC1(C=O)CCOC(C)(C)C1. The summed E-state index contributed by atoms with van der Waals surface area (Å²) in [5, 5.41) is 0. The van der Waals surface area contributed by atoms with Gasteiger partial charge >= 0.3 is 0 Å². The zero-order valence-corrected chi connectivity index (χ0v) is 7.92. The molecule has 0 bridgehead atoms. The van der Waals surface area contributed by atoms with E-state index < -0.39 is 5.60 Å². The molecule has 0 spiro atoms. The molecule has 1 atom stereocenters. The molecule has 0 saturated carbocycles. The summed E-state index contributed by atoms with van der Waals surface area (Å²) < 4.78 is 10.7. The normalized spacial score (nSPS) is 34.6. The van der Waals surface area contributed by atoms with Gasteiger partial charge in [0.25, 0.3) is 0 Å². The zero-order valence-electron chi connectivity index (χ0n) is 7.92. The van der Waals surface area contributed by atoms with Crippen LogP contribution in [0.15, 0.2) is 0 Å². The van der Waals surface area contributed by atoms with Crippen molar-refractivity contribution in [1.82, 2.24) is 0 Å². The topological polar surface area (TPSA) is 35.5 Å². The van der Waals surface area contributed by atoms with Crippen LogP contribution in [-0.2, 0) is 14.3 Å². The molecule has 1 heterocycles. The maximum Gasteiger partial charge on any atom is 0.152 e. The molecule has 0 aromatic heterocycles. The van der Waals surface area contributed by atoms with Gasteiger partial charge in [0.1, 0.15) is 5.60 Å². The summed E-state index contributed by atoms with van der Waals surface area (Å²) in [6.45, 7) is 4.55. The van der Waals surface area contributed by atoms with Crippen LogP contribution in [0, 0.1) is 0 Å². The minimum atomic E-state index is -0.609. The van der Waals surface area contributed by atoms with Gasteiger partial charge in [-0.3, -0.25) is 0 Å². The van der Waals surface area contributed by atoms with Crippen molar-refractivity contribution in [3.63, 3.8) is 0 Å². The second-order valence-electron chi connectivity index (χ2n) is 3.92. The molecule has 1 saturated heterocycles. The Labute approximate surface area is 73.0 Å². The number of carbonyl (C=O) groups is 1. The summed E-state index contributed by atoms with van der Waals surface area (Å²) in [6.07, 6.45) is 2.20. The van der Waals surface area contributed by atoms with Gasteiger partial charge in [-0.2, -0.15) is 0 Å². The third-order valence-electron chi connectivity index (χ3n) is 2.36. The first-order chi connectivity index (χ1) is 5.54. The summed E-state index contributed by atoms with van der Waals surface area (Å²) in [6, 6.07) is 0. The quantitative estimate of drug-likeness (QED) is 0.586. The van der Waals surface area contributed by atoms with Crippen molar-refractivity contribution in [1.29, 1.82) is 0 Å². The first-order valence-corrected chi connectivity index (χ1v) is 4.19. The Morgan fingerprint density at radius 2 is 2.17 bits per heavy atom. The summed E-state index contributed by atoms with van der Waals surface area (Å²) >= 11 is 0. The number of hydrogen-bond acceptors (Lipinski definition) is 3. The summed E-state index contributed by atoms with van der Waals surface area (Å²) in [4.78, 5) is 10.8. The smallest absolute Gasteiger partial charge is 0.152 e. The molecule has 0 aliphatic carbocycles. The number of methoxy groups -OCH3 is 1. The highest BCUT2D eigenvalue weighted by atomic mass is 16.5. The Bertz CT molecular complexity index is 177. The number of carbonyl (C=O) groups excluding carboxylic acids is 1. The van der Waals surface area contributed by atoms with Crippen LogP contribution >= 0.6 is 0 Å². The van der Waals surface area contributed by atoms with E-state index in [4.69, 9.17) is 9.47 Å². The molecule has 0 N–H and O–H groups in total. The molecule has 1 rings (SSSR count). The minimum absolute atomic E-state index is 0.241. The number of rotatable bonds is 2. The van der Waals surface area contributed by atoms with E-state index in [-0.39, 0.29) is 5.60 Å².